The van der Waals surface area contributed by atoms with Gasteiger partial charge in [-0.3, -0.25) is 14.9 Å². The number of nitrogens with one attached hydrogen (secondary N) is 1. The van der Waals surface area contributed by atoms with Crippen LogP contribution < -0.4 is 5.32 Å². The fourth-order valence-corrected chi connectivity index (χ4v) is 6.22. The van der Waals surface area contributed by atoms with Crippen LogP contribution in [0, 0.1) is 24.0 Å². The van der Waals surface area contributed by atoms with Crippen molar-refractivity contribution in [3.63, 3.8) is 0 Å². The molecule has 1 N–H and O–H groups in total. The van der Waals surface area contributed by atoms with Gasteiger partial charge in [0.25, 0.3) is 11.6 Å². The summed E-state index contributed by atoms with van der Waals surface area (Å²) >= 11 is 1.41. The third-order valence-corrected chi connectivity index (χ3v) is 7.44. The van der Waals surface area contributed by atoms with E-state index < -0.39 is 6.17 Å². The van der Waals surface area contributed by atoms with E-state index in [2.05, 4.69) is 10.3 Å². The predicted octanol–water partition coefficient (Wildman–Crippen LogP) is 5.72. The van der Waals surface area contributed by atoms with Crippen molar-refractivity contribution in [2.75, 3.05) is 5.32 Å². The van der Waals surface area contributed by atoms with Gasteiger partial charge in [0, 0.05) is 23.2 Å². The number of nitro benzene ring substituents is 1. The first-order valence-electron chi connectivity index (χ1n) is 10.7. The zero-order chi connectivity index (χ0) is 21.7. The Bertz CT molecular complexity index is 1200. The highest BCUT2D eigenvalue weighted by Gasteiger charge is 2.42. The Morgan fingerprint density at radius 2 is 1.94 bits per heavy atom. The van der Waals surface area contributed by atoms with Gasteiger partial charge in [-0.2, -0.15) is 0 Å². The maximum Gasteiger partial charge on any atom is 0.276 e. The Hall–Kier alpha value is -3.00. The summed E-state index contributed by atoms with van der Waals surface area (Å²) in [6.07, 6.45) is 4.55. The maximum absolute atomic E-state index is 13.8. The lowest BCUT2D eigenvalue weighted by Gasteiger charge is -2.43. The summed E-state index contributed by atoms with van der Waals surface area (Å²) in [5, 5.41) is 16.3. The van der Waals surface area contributed by atoms with Crippen LogP contribution in [-0.2, 0) is 0 Å². The van der Waals surface area contributed by atoms with Gasteiger partial charge in [0.15, 0.2) is 0 Å². The number of benzene rings is 1. The molecule has 1 amide bonds. The Labute approximate surface area is 184 Å². The molecule has 31 heavy (non-hydrogen) atoms. The van der Waals surface area contributed by atoms with Crippen LogP contribution in [0.3, 0.4) is 0 Å². The zero-order valence-electron chi connectivity index (χ0n) is 17.6. The molecular weight excluding hydrogens is 412 g/mol. The predicted molar refractivity (Wildman–Crippen MR) is 122 cm³/mol. The minimum atomic E-state index is -0.580. The van der Waals surface area contributed by atoms with Gasteiger partial charge >= 0.3 is 0 Å². The number of aryl methyl sites for hydroxylation is 2. The minimum absolute atomic E-state index is 0.0299. The molecule has 1 unspecified atom stereocenters. The van der Waals surface area contributed by atoms with Crippen molar-refractivity contribution in [3.8, 4) is 0 Å². The van der Waals surface area contributed by atoms with Crippen molar-refractivity contribution in [1.29, 1.82) is 0 Å². The van der Waals surface area contributed by atoms with Crippen LogP contribution in [0.5, 0.6) is 0 Å². The number of thiophene rings is 1. The van der Waals surface area contributed by atoms with Crippen LogP contribution in [0.1, 0.15) is 64.8 Å². The van der Waals surface area contributed by atoms with E-state index in [1.165, 1.54) is 23.8 Å². The number of nitrogens with zero attached hydrogens (tertiary/aromatic N) is 3. The average Bonchev–Trinajstić information content (AvgIpc) is 3.13. The van der Waals surface area contributed by atoms with E-state index in [0.717, 1.165) is 52.8 Å². The highest BCUT2D eigenvalue weighted by Crippen LogP contribution is 2.46. The van der Waals surface area contributed by atoms with Crippen molar-refractivity contribution in [1.82, 2.24) is 9.88 Å². The first-order chi connectivity index (χ1) is 15.0. The first kappa shape index (κ1) is 19.9. The number of nitro groups is 1. The maximum atomic E-state index is 13.8. The molecule has 1 aliphatic carbocycles. The molecule has 3 aromatic rings. The molecule has 7 nitrogen and oxygen atoms in total. The number of anilines is 1. The number of carbonyl (C=O) groups excluding carboxylic acids is 1. The standard InChI is InChI=1S/C23H24N4O3S/c1-13-12-14(2)24-22-18(13)19-20(31-22)23(28)26(15-8-4-3-5-9-15)21(25-19)16-10-6-7-11-17(16)27(29)30/h6-7,10-12,15,21,25H,3-5,8-9H2,1-2H3. The highest BCUT2D eigenvalue weighted by atomic mass is 32.1. The van der Waals surface area contributed by atoms with Gasteiger partial charge in [-0.15, -0.1) is 11.3 Å². The van der Waals surface area contributed by atoms with Gasteiger partial charge < -0.3 is 10.2 Å². The summed E-state index contributed by atoms with van der Waals surface area (Å²) in [4.78, 5) is 33.3. The fraction of sp³-hybridized carbons (Fsp3) is 0.391. The summed E-state index contributed by atoms with van der Waals surface area (Å²) in [5.41, 5.74) is 3.27. The normalized spacial score (nSPS) is 19.4. The second-order valence-corrected chi connectivity index (χ2v) is 9.43. The number of para-hydroxylation sites is 1. The molecule has 2 aromatic heterocycles. The van der Waals surface area contributed by atoms with E-state index >= 15 is 0 Å². The molecular formula is C23H24N4O3S. The summed E-state index contributed by atoms with van der Waals surface area (Å²) < 4.78 is 0. The number of hydrogen-bond donors (Lipinski definition) is 1. The highest BCUT2D eigenvalue weighted by molar-refractivity contribution is 7.21. The monoisotopic (exact) mass is 436 g/mol. The summed E-state index contributed by atoms with van der Waals surface area (Å²) in [5.74, 6) is -0.0520. The van der Waals surface area contributed by atoms with Gasteiger partial charge in [-0.1, -0.05) is 31.4 Å². The van der Waals surface area contributed by atoms with Gasteiger partial charge in [0.05, 0.1) is 16.2 Å². The Kier molecular flexibility index (Phi) is 4.89. The topological polar surface area (TPSA) is 88.4 Å². The molecule has 0 radical (unpaired) electrons. The average molecular weight is 437 g/mol. The Morgan fingerprint density at radius 3 is 2.68 bits per heavy atom. The van der Waals surface area contributed by atoms with E-state index in [1.54, 1.807) is 18.2 Å². The van der Waals surface area contributed by atoms with Crippen LogP contribution in [0.25, 0.3) is 10.2 Å². The van der Waals surface area contributed by atoms with Crippen LogP contribution in [0.2, 0.25) is 0 Å². The lowest BCUT2D eigenvalue weighted by Crippen LogP contribution is -2.49. The minimum Gasteiger partial charge on any atom is -0.359 e. The number of fused-ring (bicyclic) bond motifs is 3. The number of rotatable bonds is 3. The number of carbonyl (C=O) groups is 1. The van der Waals surface area contributed by atoms with Crippen molar-refractivity contribution in [3.05, 3.63) is 62.1 Å². The van der Waals surface area contributed by atoms with Gasteiger partial charge in [0.2, 0.25) is 0 Å². The lowest BCUT2D eigenvalue weighted by atomic mass is 9.91. The zero-order valence-corrected chi connectivity index (χ0v) is 18.4. The van der Waals surface area contributed by atoms with Gasteiger partial charge in [0.1, 0.15) is 15.9 Å². The molecule has 1 fully saturated rings. The number of aromatic nitrogens is 1. The molecule has 160 valence electrons. The Balaban J connectivity index is 1.71. The fourth-order valence-electron chi connectivity index (χ4n) is 5.02. The second-order valence-electron chi connectivity index (χ2n) is 8.43. The summed E-state index contributed by atoms with van der Waals surface area (Å²) in [7, 11) is 0. The molecule has 3 heterocycles. The smallest absolute Gasteiger partial charge is 0.276 e. The van der Waals surface area contributed by atoms with Crippen LogP contribution in [-0.4, -0.2) is 26.8 Å². The van der Waals surface area contributed by atoms with E-state index in [9.17, 15) is 14.9 Å². The SMILES string of the molecule is Cc1cc(C)c2c3c(sc2n1)C(=O)N(C1CCCCC1)C(c1ccccc1[N+](=O)[O-])N3. The summed E-state index contributed by atoms with van der Waals surface area (Å²) in [6, 6.07) is 8.80. The number of hydrogen-bond acceptors (Lipinski definition) is 6. The van der Waals surface area contributed by atoms with Gasteiger partial charge in [-0.25, -0.2) is 4.98 Å². The van der Waals surface area contributed by atoms with Crippen molar-refractivity contribution in [2.45, 2.75) is 58.2 Å². The third-order valence-electron chi connectivity index (χ3n) is 6.37. The van der Waals surface area contributed by atoms with Crippen molar-refractivity contribution >= 4 is 38.8 Å². The van der Waals surface area contributed by atoms with Crippen LogP contribution >= 0.6 is 11.3 Å². The molecule has 5 rings (SSSR count). The van der Waals surface area contributed by atoms with E-state index in [0.29, 0.717) is 10.4 Å². The number of pyridine rings is 1. The molecule has 1 aliphatic heterocycles. The van der Waals surface area contributed by atoms with Crippen molar-refractivity contribution in [2.24, 2.45) is 0 Å². The van der Waals surface area contributed by atoms with Crippen molar-refractivity contribution < 1.29 is 9.72 Å². The molecule has 0 saturated heterocycles. The second kappa shape index (κ2) is 7.60. The molecule has 8 heteroatoms. The quantitative estimate of drug-likeness (QED) is 0.419. The third kappa shape index (κ3) is 3.26. The van der Waals surface area contributed by atoms with Crippen LogP contribution in [0.15, 0.2) is 30.3 Å². The van der Waals surface area contributed by atoms with Gasteiger partial charge in [-0.05, 0) is 44.4 Å². The Morgan fingerprint density at radius 1 is 1.19 bits per heavy atom. The number of amides is 1. The van der Waals surface area contributed by atoms with E-state index in [4.69, 9.17) is 0 Å². The van der Waals surface area contributed by atoms with E-state index in [-0.39, 0.29) is 22.6 Å². The first-order valence-corrected chi connectivity index (χ1v) is 11.5. The largest absolute Gasteiger partial charge is 0.359 e. The molecule has 1 aromatic carbocycles. The van der Waals surface area contributed by atoms with E-state index in [1.807, 2.05) is 24.8 Å². The molecule has 1 atom stereocenters. The lowest BCUT2D eigenvalue weighted by molar-refractivity contribution is -0.385. The molecule has 2 aliphatic rings. The van der Waals surface area contributed by atoms with Crippen LogP contribution in [0.4, 0.5) is 11.4 Å². The molecule has 1 saturated carbocycles. The molecule has 0 bridgehead atoms. The molecule has 0 spiro atoms. The summed E-state index contributed by atoms with van der Waals surface area (Å²) in [6.45, 7) is 3.97.